The number of hydrogen-bond acceptors (Lipinski definition) is 2. The van der Waals surface area contributed by atoms with Crippen LogP contribution in [0.3, 0.4) is 0 Å². The zero-order valence-corrected chi connectivity index (χ0v) is 21.3. The number of carbonyl (C=O) groups excluding carboxylic acids is 1. The average molecular weight is 466 g/mol. The van der Waals surface area contributed by atoms with Crippen molar-refractivity contribution in [3.63, 3.8) is 0 Å². The molecule has 0 unspecified atom stereocenters. The maximum atomic E-state index is 15.1. The summed E-state index contributed by atoms with van der Waals surface area (Å²) in [7, 11) is 0. The highest BCUT2D eigenvalue weighted by molar-refractivity contribution is 5.88. The molecule has 1 N–H and O–H groups in total. The van der Waals surface area contributed by atoms with E-state index < -0.39 is 5.41 Å². The summed E-state index contributed by atoms with van der Waals surface area (Å²) in [6.07, 6.45) is 8.85. The van der Waals surface area contributed by atoms with Gasteiger partial charge < -0.3 is 10.1 Å². The van der Waals surface area contributed by atoms with Crippen molar-refractivity contribution in [3.05, 3.63) is 53.3 Å². The fourth-order valence-corrected chi connectivity index (χ4v) is 5.13. The van der Waals surface area contributed by atoms with E-state index in [0.29, 0.717) is 12.5 Å². The number of halogens is 1. The first-order valence-corrected chi connectivity index (χ1v) is 13.2. The second-order valence-corrected chi connectivity index (χ2v) is 11.1. The molecule has 0 saturated heterocycles. The van der Waals surface area contributed by atoms with Gasteiger partial charge in [-0.1, -0.05) is 38.5 Å². The number of nitrogens with one attached hydrogen (secondary N) is 1. The van der Waals surface area contributed by atoms with Gasteiger partial charge in [0.05, 0.1) is 11.5 Å². The molecule has 0 aliphatic heterocycles. The third kappa shape index (κ3) is 5.31. The second-order valence-electron chi connectivity index (χ2n) is 11.1. The molecular weight excluding hydrogens is 425 g/mol. The average Bonchev–Trinajstić information content (AvgIpc) is 3.27. The summed E-state index contributed by atoms with van der Waals surface area (Å²) in [5.74, 6) is 1.48. The van der Waals surface area contributed by atoms with Gasteiger partial charge in [-0.05, 0) is 106 Å². The van der Waals surface area contributed by atoms with E-state index >= 15 is 4.39 Å². The summed E-state index contributed by atoms with van der Waals surface area (Å²) in [4.78, 5) is 13.1. The van der Waals surface area contributed by atoms with E-state index in [9.17, 15) is 4.79 Å². The van der Waals surface area contributed by atoms with Crippen molar-refractivity contribution in [1.29, 1.82) is 0 Å². The van der Waals surface area contributed by atoms with Crippen molar-refractivity contribution in [1.82, 2.24) is 5.32 Å². The van der Waals surface area contributed by atoms with E-state index in [1.807, 2.05) is 32.0 Å². The van der Waals surface area contributed by atoms with Crippen LogP contribution in [-0.4, -0.2) is 18.6 Å². The normalized spacial score (nSPS) is 17.1. The Labute approximate surface area is 204 Å². The van der Waals surface area contributed by atoms with Crippen LogP contribution in [0.25, 0.3) is 11.1 Å². The number of rotatable bonds is 9. The maximum Gasteiger partial charge on any atom is 0.230 e. The van der Waals surface area contributed by atoms with Gasteiger partial charge in [-0.2, -0.15) is 0 Å². The molecule has 34 heavy (non-hydrogen) atoms. The van der Waals surface area contributed by atoms with Crippen LogP contribution >= 0.6 is 0 Å². The van der Waals surface area contributed by atoms with Crippen molar-refractivity contribution in [3.8, 4) is 16.9 Å². The minimum absolute atomic E-state index is 0.0158. The van der Waals surface area contributed by atoms with Crippen LogP contribution in [0, 0.1) is 11.7 Å². The Morgan fingerprint density at radius 3 is 2.44 bits per heavy atom. The molecule has 184 valence electrons. The standard InChI is InChI=1S/C30H40FNO2/c1-20(2)17-18-32-29(33)30(3,4)22-15-16-27(34-23-11-5-6-12-23)25(19-22)24-13-8-14-26(31)28(24)21-9-7-10-21/h8,13-16,19-21,23H,5-7,9-12,17-18H2,1-4H3,(H,32,33). The Morgan fingerprint density at radius 1 is 1.06 bits per heavy atom. The first-order valence-electron chi connectivity index (χ1n) is 13.2. The molecule has 2 aliphatic rings. The first-order chi connectivity index (χ1) is 16.3. The Morgan fingerprint density at radius 2 is 1.79 bits per heavy atom. The number of benzene rings is 2. The summed E-state index contributed by atoms with van der Waals surface area (Å²) in [5.41, 5.74) is 2.85. The second kappa shape index (κ2) is 10.5. The van der Waals surface area contributed by atoms with Gasteiger partial charge in [-0.3, -0.25) is 4.79 Å². The van der Waals surface area contributed by atoms with E-state index in [0.717, 1.165) is 66.5 Å². The first kappa shape index (κ1) is 24.8. The number of ether oxygens (including phenoxy) is 1. The van der Waals surface area contributed by atoms with Crippen LogP contribution < -0.4 is 10.1 Å². The summed E-state index contributed by atoms with van der Waals surface area (Å²) in [6, 6.07) is 11.5. The van der Waals surface area contributed by atoms with E-state index in [1.165, 1.54) is 12.8 Å². The minimum atomic E-state index is -0.707. The molecule has 1 amide bonds. The van der Waals surface area contributed by atoms with Crippen molar-refractivity contribution in [2.24, 2.45) is 5.92 Å². The lowest BCUT2D eigenvalue weighted by molar-refractivity contribution is -0.125. The summed E-state index contributed by atoms with van der Waals surface area (Å²) in [6.45, 7) is 8.92. The number of amides is 1. The molecule has 0 spiro atoms. The van der Waals surface area contributed by atoms with Crippen molar-refractivity contribution in [2.75, 3.05) is 6.54 Å². The molecule has 4 heteroatoms. The Hall–Kier alpha value is -2.36. The van der Waals surface area contributed by atoms with Crippen LogP contribution in [0.5, 0.6) is 5.75 Å². The van der Waals surface area contributed by atoms with Crippen LogP contribution in [0.1, 0.15) is 96.1 Å². The molecule has 3 nitrogen and oxygen atoms in total. The third-order valence-corrected chi connectivity index (χ3v) is 7.73. The highest BCUT2D eigenvalue weighted by Gasteiger charge is 2.32. The van der Waals surface area contributed by atoms with Crippen LogP contribution in [0.15, 0.2) is 36.4 Å². The van der Waals surface area contributed by atoms with Gasteiger partial charge in [0.15, 0.2) is 0 Å². The number of carbonyl (C=O) groups is 1. The predicted octanol–water partition coefficient (Wildman–Crippen LogP) is 7.52. The minimum Gasteiger partial charge on any atom is -0.490 e. The third-order valence-electron chi connectivity index (χ3n) is 7.73. The molecule has 2 fully saturated rings. The lowest BCUT2D eigenvalue weighted by Gasteiger charge is -2.30. The molecular formula is C30H40FNO2. The Balaban J connectivity index is 1.72. The maximum absolute atomic E-state index is 15.1. The van der Waals surface area contributed by atoms with Gasteiger partial charge in [-0.15, -0.1) is 0 Å². The van der Waals surface area contributed by atoms with Crippen LogP contribution in [0.2, 0.25) is 0 Å². The molecule has 4 rings (SSSR count). The lowest BCUT2D eigenvalue weighted by Crippen LogP contribution is -2.40. The highest BCUT2D eigenvalue weighted by Crippen LogP contribution is 2.45. The van der Waals surface area contributed by atoms with E-state index in [4.69, 9.17) is 4.74 Å². The quantitative estimate of drug-likeness (QED) is 0.416. The summed E-state index contributed by atoms with van der Waals surface area (Å²) < 4.78 is 21.6. The van der Waals surface area contributed by atoms with Crippen molar-refractivity contribution in [2.45, 2.75) is 96.5 Å². The Bertz CT molecular complexity index is 1000. The topological polar surface area (TPSA) is 38.3 Å². The molecule has 0 bridgehead atoms. The molecule has 2 aromatic rings. The van der Waals surface area contributed by atoms with Gasteiger partial charge in [0.25, 0.3) is 0 Å². The fourth-order valence-electron chi connectivity index (χ4n) is 5.13. The smallest absolute Gasteiger partial charge is 0.230 e. The molecule has 0 heterocycles. The van der Waals surface area contributed by atoms with Crippen LogP contribution in [0.4, 0.5) is 4.39 Å². The molecule has 0 radical (unpaired) electrons. The molecule has 0 aromatic heterocycles. The van der Waals surface area contributed by atoms with Crippen molar-refractivity contribution >= 4 is 5.91 Å². The molecule has 0 atom stereocenters. The van der Waals surface area contributed by atoms with Crippen molar-refractivity contribution < 1.29 is 13.9 Å². The van der Waals surface area contributed by atoms with Gasteiger partial charge in [0.1, 0.15) is 11.6 Å². The summed E-state index contributed by atoms with van der Waals surface area (Å²) >= 11 is 0. The van der Waals surface area contributed by atoms with Gasteiger partial charge in [0, 0.05) is 12.1 Å². The SMILES string of the molecule is CC(C)CCNC(=O)C(C)(C)c1ccc(OC2CCCC2)c(-c2cccc(F)c2C2CCC2)c1. The number of hydrogen-bond donors (Lipinski definition) is 1. The largest absolute Gasteiger partial charge is 0.490 e. The highest BCUT2D eigenvalue weighted by atomic mass is 19.1. The fraction of sp³-hybridized carbons (Fsp3) is 0.567. The zero-order chi connectivity index (χ0) is 24.3. The lowest BCUT2D eigenvalue weighted by atomic mass is 9.76. The van der Waals surface area contributed by atoms with Gasteiger partial charge in [-0.25, -0.2) is 4.39 Å². The Kier molecular flexibility index (Phi) is 7.64. The predicted molar refractivity (Wildman–Crippen MR) is 137 cm³/mol. The molecule has 2 aromatic carbocycles. The monoisotopic (exact) mass is 465 g/mol. The van der Waals surface area contributed by atoms with E-state index in [2.05, 4.69) is 25.2 Å². The molecule has 2 saturated carbocycles. The van der Waals surface area contributed by atoms with Gasteiger partial charge >= 0.3 is 0 Å². The zero-order valence-electron chi connectivity index (χ0n) is 21.3. The molecule has 2 aliphatic carbocycles. The van der Waals surface area contributed by atoms with Gasteiger partial charge in [0.2, 0.25) is 5.91 Å². The van der Waals surface area contributed by atoms with E-state index in [1.54, 1.807) is 12.1 Å². The summed E-state index contributed by atoms with van der Waals surface area (Å²) in [5, 5.41) is 3.11. The van der Waals surface area contributed by atoms with Crippen LogP contribution in [-0.2, 0) is 10.2 Å². The van der Waals surface area contributed by atoms with E-state index in [-0.39, 0.29) is 23.7 Å².